The lowest BCUT2D eigenvalue weighted by molar-refractivity contribution is 0.186. The molecule has 0 aliphatic rings. The third kappa shape index (κ3) is 9.46. The van der Waals surface area contributed by atoms with Crippen LogP contribution in [0.25, 0.3) is 0 Å². The first-order valence-electron chi connectivity index (χ1n) is 6.78. The molecule has 0 bridgehead atoms. The van der Waals surface area contributed by atoms with Crippen molar-refractivity contribution in [2.75, 3.05) is 26.9 Å². The summed E-state index contributed by atoms with van der Waals surface area (Å²) in [5.74, 6) is 0. The summed E-state index contributed by atoms with van der Waals surface area (Å²) in [6.45, 7) is 5.34. The average molecular weight is 267 g/mol. The topological polar surface area (TPSA) is 65.7 Å². The Labute approximate surface area is 109 Å². The van der Waals surface area contributed by atoms with E-state index in [1.165, 1.54) is 7.40 Å². The molecular weight excluding hydrogens is 239 g/mol. The number of rotatable bonds is 10. The maximum atomic E-state index is 8.46. The summed E-state index contributed by atoms with van der Waals surface area (Å²) in [6, 6.07) is 2.35. The van der Waals surface area contributed by atoms with Crippen LogP contribution >= 0.6 is 8.53 Å². The second kappa shape index (κ2) is 12.2. The smallest absolute Gasteiger partial charge is 0.258 e. The van der Waals surface area contributed by atoms with Gasteiger partial charge >= 0.3 is 0 Å². The fourth-order valence-corrected chi connectivity index (χ4v) is 2.13. The van der Waals surface area contributed by atoms with Gasteiger partial charge in [-0.1, -0.05) is 7.40 Å². The van der Waals surface area contributed by atoms with E-state index in [1.54, 1.807) is 0 Å². The Hall–Kier alpha value is -0.240. The fraction of sp³-hybridized carbons (Fsp3) is 0.909. The van der Waals surface area contributed by atoms with E-state index < -0.39 is 8.53 Å². The summed E-state index contributed by atoms with van der Waals surface area (Å²) in [7, 11) is 2.06. The molecule has 5 nitrogen and oxygen atoms in total. The van der Waals surface area contributed by atoms with Gasteiger partial charge in [0.2, 0.25) is 1.43 Å². The average Bonchev–Trinajstić information content (AvgIpc) is 2.43. The summed E-state index contributed by atoms with van der Waals surface area (Å²) >= 11 is 0. The highest BCUT2D eigenvalue weighted by molar-refractivity contribution is 7.44. The van der Waals surface area contributed by atoms with Gasteiger partial charge in [0.25, 0.3) is 8.53 Å². The summed E-state index contributed by atoms with van der Waals surface area (Å²) in [5, 5.41) is 12.7. The van der Waals surface area contributed by atoms with Crippen LogP contribution < -0.4 is 0 Å². The van der Waals surface area contributed by atoms with Crippen LogP contribution in [0.3, 0.4) is 0 Å². The maximum Gasteiger partial charge on any atom is 0.258 e. The monoisotopic (exact) mass is 267 g/mol. The van der Waals surface area contributed by atoms with Crippen molar-refractivity contribution in [2.45, 2.75) is 40.1 Å². The molecular formula is C11H25N2O3P. The van der Waals surface area contributed by atoms with E-state index in [4.69, 9.17) is 17.1 Å². The van der Waals surface area contributed by atoms with Crippen LogP contribution in [0.15, 0.2) is 0 Å². The van der Waals surface area contributed by atoms with Gasteiger partial charge in [0.05, 0.1) is 25.7 Å². The van der Waals surface area contributed by atoms with Crippen LogP contribution in [0.1, 0.15) is 35.5 Å². The zero-order valence-corrected chi connectivity index (χ0v) is 12.1. The van der Waals surface area contributed by atoms with Gasteiger partial charge in [-0.3, -0.25) is 0 Å². The standard InChI is InChI=1S/C10H21N2O3P.CH4/c1-10(2)12(3)16(14-8-4-6-11)15-9-5-7-13;/h10,13H,4-5,7-9H2,1-3H3;1H4/i13D;1T. The first kappa shape index (κ1) is 14.8. The minimum absolute atomic E-state index is 0.315. The van der Waals surface area contributed by atoms with Gasteiger partial charge in [-0.15, -0.1) is 0 Å². The van der Waals surface area contributed by atoms with E-state index in [2.05, 4.69) is 19.0 Å². The molecule has 0 aromatic heterocycles. The molecule has 1 atom stereocenters. The molecule has 0 aromatic rings. The molecule has 0 fully saturated rings. The van der Waals surface area contributed by atoms with Crippen LogP contribution in [0.4, 0.5) is 0 Å². The van der Waals surface area contributed by atoms with E-state index >= 15 is 0 Å². The Bertz CT molecular complexity index is 230. The Kier molecular flexibility index (Phi) is 10.7. The van der Waals surface area contributed by atoms with Crippen molar-refractivity contribution < 1.29 is 15.5 Å². The Morgan fingerprint density at radius 1 is 1.59 bits per heavy atom. The van der Waals surface area contributed by atoms with Crippen molar-refractivity contribution in [3.05, 3.63) is 0 Å². The minimum Gasteiger partial charge on any atom is -0.396 e. The predicted molar refractivity (Wildman–Crippen MR) is 70.4 cm³/mol. The number of nitriles is 1. The molecule has 0 saturated heterocycles. The normalized spacial score (nSPS) is 13.5. The summed E-state index contributed by atoms with van der Waals surface area (Å²) < 4.78 is 25.5. The van der Waals surface area contributed by atoms with E-state index in [0.29, 0.717) is 38.7 Å². The summed E-state index contributed by atoms with van der Waals surface area (Å²) in [6.07, 6.45) is 1.03. The van der Waals surface area contributed by atoms with Crippen molar-refractivity contribution >= 4 is 8.53 Å². The molecule has 102 valence electrons. The first-order chi connectivity index (χ1) is 9.13. The molecule has 0 rings (SSSR count). The zero-order chi connectivity index (χ0) is 15.1. The van der Waals surface area contributed by atoms with Gasteiger partial charge in [-0.2, -0.15) is 5.26 Å². The van der Waals surface area contributed by atoms with Gasteiger partial charge in [-0.25, -0.2) is 4.67 Å². The van der Waals surface area contributed by atoms with Gasteiger partial charge in [0.15, 0.2) is 0 Å². The van der Waals surface area contributed by atoms with E-state index in [-0.39, 0.29) is 0 Å². The van der Waals surface area contributed by atoms with Gasteiger partial charge in [0.1, 0.15) is 0 Å². The van der Waals surface area contributed by atoms with Crippen molar-refractivity contribution in [3.8, 4) is 6.07 Å². The largest absolute Gasteiger partial charge is 0.396 e. The third-order valence-corrected chi connectivity index (χ3v) is 3.69. The second-order valence-electron chi connectivity index (χ2n) is 3.54. The molecule has 17 heavy (non-hydrogen) atoms. The van der Waals surface area contributed by atoms with Crippen LogP contribution in [0.2, 0.25) is 0 Å². The Morgan fingerprint density at radius 3 is 2.76 bits per heavy atom. The van der Waals surface area contributed by atoms with Crippen LogP contribution in [0.5, 0.6) is 0 Å². The molecule has 0 heterocycles. The van der Waals surface area contributed by atoms with Crippen molar-refractivity contribution in [1.82, 2.24) is 4.67 Å². The highest BCUT2D eigenvalue weighted by Crippen LogP contribution is 2.42. The number of nitrogens with zero attached hydrogens (tertiary/aromatic N) is 2. The molecule has 0 saturated carbocycles. The summed E-state index contributed by atoms with van der Waals surface area (Å²) in [5.41, 5.74) is 0. The number of hydrogen-bond acceptors (Lipinski definition) is 5. The summed E-state index contributed by atoms with van der Waals surface area (Å²) in [4.78, 5) is 0. The van der Waals surface area contributed by atoms with Crippen molar-refractivity contribution in [3.63, 3.8) is 0 Å². The molecule has 0 radical (unpaired) electrons. The van der Waals surface area contributed by atoms with Gasteiger partial charge in [-0.05, 0) is 27.3 Å². The Balaban J connectivity index is 0. The lowest BCUT2D eigenvalue weighted by Crippen LogP contribution is -2.23. The molecule has 1 unspecified atom stereocenters. The number of aliphatic hydroxyl groups excluding tert-OH is 1. The molecule has 0 aliphatic heterocycles. The molecule has 0 amide bonds. The minimum atomic E-state index is -1.12. The van der Waals surface area contributed by atoms with Crippen LogP contribution in [-0.4, -0.2) is 44.1 Å². The highest BCUT2D eigenvalue weighted by Gasteiger charge is 2.19. The van der Waals surface area contributed by atoms with Crippen molar-refractivity contribution in [1.29, 1.82) is 6.69 Å². The lowest BCUT2D eigenvalue weighted by Gasteiger charge is -2.28. The van der Waals surface area contributed by atoms with E-state index in [0.717, 1.165) is 0 Å². The highest BCUT2D eigenvalue weighted by atomic mass is 31.2. The molecule has 0 aliphatic carbocycles. The number of aliphatic hydroxyl groups is 1. The fourth-order valence-electron chi connectivity index (χ4n) is 0.779. The quantitative estimate of drug-likeness (QED) is 0.486. The number of hydrogen-bond donors (Lipinski definition) is 1. The molecule has 0 aromatic carbocycles. The lowest BCUT2D eigenvalue weighted by atomic mass is 10.4. The predicted octanol–water partition coefficient (Wildman–Crippen LogP) is 2.52. The Morgan fingerprint density at radius 2 is 2.24 bits per heavy atom. The van der Waals surface area contributed by atoms with Crippen LogP contribution in [-0.2, 0) is 9.05 Å². The molecule has 1 N–H and O–H groups in total. The van der Waals surface area contributed by atoms with Gasteiger partial charge < -0.3 is 14.2 Å². The van der Waals surface area contributed by atoms with Gasteiger partial charge in [0, 0.05) is 14.0 Å². The van der Waals surface area contributed by atoms with E-state index in [9.17, 15) is 0 Å². The third-order valence-electron chi connectivity index (χ3n) is 1.91. The zero-order valence-electron chi connectivity index (χ0n) is 13.2. The molecule has 0 spiro atoms. The molecule has 6 heteroatoms. The SMILES string of the molecule is [2H]OCCCOP(OCCC#N)N(C)C(C)C.[3H]C. The van der Waals surface area contributed by atoms with E-state index in [1.807, 2.05) is 17.8 Å². The maximum absolute atomic E-state index is 8.46. The first-order valence-corrected chi connectivity index (χ1v) is 6.50. The second-order valence-corrected chi connectivity index (χ2v) is 5.16. The van der Waals surface area contributed by atoms with Crippen molar-refractivity contribution in [2.24, 2.45) is 0 Å². The van der Waals surface area contributed by atoms with Crippen LogP contribution in [0, 0.1) is 11.3 Å².